The average Bonchev–Trinajstić information content (AvgIpc) is 2.72. The number of ketones is 1. The molecule has 1 saturated heterocycles. The van der Waals surface area contributed by atoms with Crippen molar-refractivity contribution in [2.75, 3.05) is 25.0 Å². The highest BCUT2D eigenvalue weighted by Gasteiger charge is 2.30. The van der Waals surface area contributed by atoms with E-state index in [1.807, 2.05) is 0 Å². The molecule has 0 radical (unpaired) electrons. The number of rotatable bonds is 6. The van der Waals surface area contributed by atoms with Crippen LogP contribution in [0.2, 0.25) is 0 Å². The molecular weight excluding hydrogens is 405 g/mol. The number of piperidine rings is 1. The summed E-state index contributed by atoms with van der Waals surface area (Å²) in [6, 6.07) is 10.2. The van der Waals surface area contributed by atoms with Gasteiger partial charge in [-0.2, -0.15) is 17.5 Å². The summed E-state index contributed by atoms with van der Waals surface area (Å²) in [5.41, 5.74) is -0.346. The number of carbonyl (C=O) groups is 1. The van der Waals surface area contributed by atoms with Crippen molar-refractivity contribution in [2.45, 2.75) is 30.3 Å². The number of carbonyl (C=O) groups excluding carboxylic acids is 1. The second-order valence-electron chi connectivity index (χ2n) is 6.84. The van der Waals surface area contributed by atoms with Gasteiger partial charge in [-0.05, 0) is 55.3 Å². The number of alkyl halides is 3. The van der Waals surface area contributed by atoms with Crippen LogP contribution >= 0.6 is 0 Å². The lowest BCUT2D eigenvalue weighted by Gasteiger charge is -2.25. The topological polar surface area (TPSA) is 66.5 Å². The lowest BCUT2D eigenvalue weighted by molar-refractivity contribution is -0.137. The lowest BCUT2D eigenvalue weighted by atomic mass is 10.1. The average molecular weight is 426 g/mol. The molecule has 0 aliphatic carbocycles. The molecule has 0 unspecified atom stereocenters. The normalized spacial score (nSPS) is 15.8. The standard InChI is InChI=1S/C20H21F3N2O3S/c21-20(22,23)16-5-4-6-17(13-16)24-14-19(26)15-7-9-18(10-8-15)29(27,28)25-11-2-1-3-12-25/h4-10,13,24H,1-3,11-12,14H2. The molecule has 3 rings (SSSR count). The Morgan fingerprint density at radius 2 is 1.66 bits per heavy atom. The lowest BCUT2D eigenvalue weighted by Crippen LogP contribution is -2.35. The van der Waals surface area contributed by atoms with Gasteiger partial charge in [-0.1, -0.05) is 12.5 Å². The first-order valence-electron chi connectivity index (χ1n) is 9.22. The zero-order chi connectivity index (χ0) is 21.1. The van der Waals surface area contributed by atoms with Crippen molar-refractivity contribution in [2.24, 2.45) is 0 Å². The van der Waals surface area contributed by atoms with Crippen LogP contribution in [0.15, 0.2) is 53.4 Å². The van der Waals surface area contributed by atoms with Gasteiger partial charge in [-0.3, -0.25) is 4.79 Å². The first kappa shape index (κ1) is 21.3. The third-order valence-corrected chi connectivity index (χ3v) is 6.68. The number of hydrogen-bond donors (Lipinski definition) is 1. The van der Waals surface area contributed by atoms with Crippen molar-refractivity contribution in [1.82, 2.24) is 4.31 Å². The van der Waals surface area contributed by atoms with Crippen molar-refractivity contribution in [1.29, 1.82) is 0 Å². The Bertz CT molecular complexity index is 967. The Morgan fingerprint density at radius 3 is 2.28 bits per heavy atom. The fourth-order valence-electron chi connectivity index (χ4n) is 3.16. The second-order valence-corrected chi connectivity index (χ2v) is 8.78. The summed E-state index contributed by atoms with van der Waals surface area (Å²) in [7, 11) is -3.58. The van der Waals surface area contributed by atoms with Crippen LogP contribution < -0.4 is 5.32 Å². The fourth-order valence-corrected chi connectivity index (χ4v) is 4.67. The zero-order valence-electron chi connectivity index (χ0n) is 15.6. The summed E-state index contributed by atoms with van der Waals surface area (Å²) in [6.07, 6.45) is -1.79. The Hall–Kier alpha value is -2.39. The third kappa shape index (κ3) is 5.16. The van der Waals surface area contributed by atoms with E-state index in [2.05, 4.69) is 5.32 Å². The molecule has 0 bridgehead atoms. The highest BCUT2D eigenvalue weighted by Crippen LogP contribution is 2.30. The van der Waals surface area contributed by atoms with E-state index in [1.165, 1.54) is 40.7 Å². The molecule has 1 aliphatic rings. The SMILES string of the molecule is O=C(CNc1cccc(C(F)(F)F)c1)c1ccc(S(=O)(=O)N2CCCCC2)cc1. The van der Waals surface area contributed by atoms with Crippen LogP contribution in [0.4, 0.5) is 18.9 Å². The monoisotopic (exact) mass is 426 g/mol. The van der Waals surface area contributed by atoms with Gasteiger partial charge in [0.05, 0.1) is 17.0 Å². The quantitative estimate of drug-likeness (QED) is 0.704. The van der Waals surface area contributed by atoms with Crippen LogP contribution in [0, 0.1) is 0 Å². The van der Waals surface area contributed by atoms with Crippen LogP contribution in [0.1, 0.15) is 35.2 Å². The molecule has 5 nitrogen and oxygen atoms in total. The van der Waals surface area contributed by atoms with E-state index in [4.69, 9.17) is 0 Å². The van der Waals surface area contributed by atoms with Gasteiger partial charge in [-0.25, -0.2) is 8.42 Å². The Labute approximate surface area is 167 Å². The third-order valence-electron chi connectivity index (χ3n) is 4.77. The van der Waals surface area contributed by atoms with Crippen LogP contribution in [0.3, 0.4) is 0 Å². The van der Waals surface area contributed by atoms with Crippen molar-refractivity contribution < 1.29 is 26.4 Å². The minimum absolute atomic E-state index is 0.127. The van der Waals surface area contributed by atoms with E-state index in [0.717, 1.165) is 31.4 Å². The molecular formula is C20H21F3N2O3S. The maximum Gasteiger partial charge on any atom is 0.416 e. The first-order valence-corrected chi connectivity index (χ1v) is 10.7. The molecule has 1 N–H and O–H groups in total. The zero-order valence-corrected chi connectivity index (χ0v) is 16.4. The molecule has 0 atom stereocenters. The van der Waals surface area contributed by atoms with Crippen LogP contribution in [-0.2, 0) is 16.2 Å². The molecule has 156 valence electrons. The number of sulfonamides is 1. The molecule has 29 heavy (non-hydrogen) atoms. The van der Waals surface area contributed by atoms with E-state index >= 15 is 0 Å². The van der Waals surface area contributed by atoms with E-state index in [0.29, 0.717) is 13.1 Å². The summed E-state index contributed by atoms with van der Waals surface area (Å²) in [6.45, 7) is 0.771. The van der Waals surface area contributed by atoms with Crippen molar-refractivity contribution in [3.05, 3.63) is 59.7 Å². The van der Waals surface area contributed by atoms with Gasteiger partial charge >= 0.3 is 6.18 Å². The smallest absolute Gasteiger partial charge is 0.378 e. The number of benzene rings is 2. The summed E-state index contributed by atoms with van der Waals surface area (Å²) < 4.78 is 65.0. The maximum absolute atomic E-state index is 12.8. The van der Waals surface area contributed by atoms with Gasteiger partial charge in [0.15, 0.2) is 5.78 Å². The molecule has 9 heteroatoms. The Kier molecular flexibility index (Phi) is 6.28. The number of nitrogens with zero attached hydrogens (tertiary/aromatic N) is 1. The largest absolute Gasteiger partial charge is 0.416 e. The molecule has 2 aromatic carbocycles. The summed E-state index contributed by atoms with van der Waals surface area (Å²) in [5.74, 6) is -0.357. The Balaban J connectivity index is 1.65. The minimum Gasteiger partial charge on any atom is -0.378 e. The molecule has 0 saturated carbocycles. The van der Waals surface area contributed by atoms with Crippen LogP contribution in [0.5, 0.6) is 0 Å². The number of anilines is 1. The van der Waals surface area contributed by atoms with E-state index in [-0.39, 0.29) is 28.5 Å². The number of nitrogens with one attached hydrogen (secondary N) is 1. The highest BCUT2D eigenvalue weighted by molar-refractivity contribution is 7.89. The van der Waals surface area contributed by atoms with Gasteiger partial charge in [0.2, 0.25) is 10.0 Å². The summed E-state index contributed by atoms with van der Waals surface area (Å²) in [4.78, 5) is 12.4. The molecule has 0 amide bonds. The number of halogens is 3. The molecule has 2 aromatic rings. The number of Topliss-reactive ketones (excluding diaryl/α,β-unsaturated/α-hetero) is 1. The van der Waals surface area contributed by atoms with Gasteiger partial charge in [0.1, 0.15) is 0 Å². The first-order chi connectivity index (χ1) is 13.7. The van der Waals surface area contributed by atoms with Crippen LogP contribution in [0.25, 0.3) is 0 Å². The molecule has 1 fully saturated rings. The molecule has 0 spiro atoms. The highest BCUT2D eigenvalue weighted by atomic mass is 32.2. The van der Waals surface area contributed by atoms with Gasteiger partial charge in [0.25, 0.3) is 0 Å². The van der Waals surface area contributed by atoms with Gasteiger partial charge in [-0.15, -0.1) is 0 Å². The molecule has 1 heterocycles. The van der Waals surface area contributed by atoms with Gasteiger partial charge in [0, 0.05) is 24.3 Å². The second kappa shape index (κ2) is 8.54. The Morgan fingerprint density at radius 1 is 1.00 bits per heavy atom. The molecule has 0 aromatic heterocycles. The van der Waals surface area contributed by atoms with Gasteiger partial charge < -0.3 is 5.32 Å². The molecule has 1 aliphatic heterocycles. The summed E-state index contributed by atoms with van der Waals surface area (Å²) >= 11 is 0. The van der Waals surface area contributed by atoms with Crippen molar-refractivity contribution in [3.63, 3.8) is 0 Å². The van der Waals surface area contributed by atoms with E-state index in [1.54, 1.807) is 0 Å². The van der Waals surface area contributed by atoms with E-state index in [9.17, 15) is 26.4 Å². The number of hydrogen-bond acceptors (Lipinski definition) is 4. The van der Waals surface area contributed by atoms with Crippen molar-refractivity contribution >= 4 is 21.5 Å². The maximum atomic E-state index is 12.8. The predicted octanol–water partition coefficient (Wildman–Crippen LogP) is 4.17. The minimum atomic E-state index is -4.46. The fraction of sp³-hybridized carbons (Fsp3) is 0.350. The predicted molar refractivity (Wildman–Crippen MR) is 103 cm³/mol. The van der Waals surface area contributed by atoms with Crippen molar-refractivity contribution in [3.8, 4) is 0 Å². The van der Waals surface area contributed by atoms with E-state index < -0.39 is 21.8 Å². The summed E-state index contributed by atoms with van der Waals surface area (Å²) in [5, 5.41) is 2.68. The van der Waals surface area contributed by atoms with Crippen LogP contribution in [-0.4, -0.2) is 38.1 Å².